The number of hydrogen-bond acceptors (Lipinski definition) is 6. The highest BCUT2D eigenvalue weighted by Crippen LogP contribution is 2.31. The number of nitrogens with zero attached hydrogens (tertiary/aromatic N) is 4. The largest absolute Gasteiger partial charge is 0.496 e. The zero-order valence-corrected chi connectivity index (χ0v) is 19.6. The molecule has 1 N–H and O–H groups in total. The zero-order valence-electron chi connectivity index (χ0n) is 18.7. The molecule has 1 aliphatic rings. The molecule has 1 aromatic heterocycles. The number of carbonyl (C=O) groups is 1. The van der Waals surface area contributed by atoms with Crippen molar-refractivity contribution in [1.82, 2.24) is 14.8 Å². The van der Waals surface area contributed by atoms with Crippen molar-refractivity contribution in [3.8, 4) is 17.1 Å². The van der Waals surface area contributed by atoms with Crippen LogP contribution in [0.15, 0.2) is 53.7 Å². The first kappa shape index (κ1) is 22.2. The predicted octanol–water partition coefficient (Wildman–Crippen LogP) is 4.60. The van der Waals surface area contributed by atoms with E-state index >= 15 is 0 Å². The molecule has 0 radical (unpaired) electrons. The van der Waals surface area contributed by atoms with Crippen molar-refractivity contribution >= 4 is 29.0 Å². The Hall–Kier alpha value is -3.00. The van der Waals surface area contributed by atoms with E-state index in [4.69, 9.17) is 4.74 Å². The summed E-state index contributed by atoms with van der Waals surface area (Å²) in [4.78, 5) is 15.2. The van der Waals surface area contributed by atoms with Crippen LogP contribution in [0.25, 0.3) is 11.4 Å². The summed E-state index contributed by atoms with van der Waals surface area (Å²) >= 11 is 1.38. The number of thioether (sulfide) groups is 1. The number of nitrogens with one attached hydrogen (secondary N) is 1. The average molecular weight is 452 g/mol. The number of carbonyl (C=O) groups excluding carboxylic acids is 1. The summed E-state index contributed by atoms with van der Waals surface area (Å²) in [6, 6.07) is 15.8. The van der Waals surface area contributed by atoms with Gasteiger partial charge in [0.05, 0.1) is 17.9 Å². The van der Waals surface area contributed by atoms with Crippen molar-refractivity contribution in [1.29, 1.82) is 0 Å². The fourth-order valence-electron chi connectivity index (χ4n) is 3.84. The Kier molecular flexibility index (Phi) is 6.99. The lowest BCUT2D eigenvalue weighted by Crippen LogP contribution is -2.29. The van der Waals surface area contributed by atoms with Crippen LogP contribution in [-0.2, 0) is 11.8 Å². The van der Waals surface area contributed by atoms with Gasteiger partial charge in [0.2, 0.25) is 5.91 Å². The molecule has 4 rings (SSSR count). The molecule has 1 amide bonds. The van der Waals surface area contributed by atoms with Crippen LogP contribution >= 0.6 is 11.8 Å². The van der Waals surface area contributed by atoms with E-state index in [-0.39, 0.29) is 11.2 Å². The highest BCUT2D eigenvalue weighted by molar-refractivity contribution is 8.00. The molecule has 1 fully saturated rings. The first-order valence-electron chi connectivity index (χ1n) is 10.9. The number of ether oxygens (including phenoxy) is 1. The second-order valence-electron chi connectivity index (χ2n) is 7.91. The standard InChI is InChI=1S/C24H29N5O2S/c1-17(23(30)25-18-11-13-19(14-12-18)29-15-7-4-8-16-29)32-24-27-26-22(28(24)2)20-9-5-6-10-21(20)31-3/h5-6,9-14,17H,4,7-8,15-16H2,1-3H3,(H,25,30). The van der Waals surface area contributed by atoms with Crippen molar-refractivity contribution in [2.24, 2.45) is 7.05 Å². The number of para-hydroxylation sites is 1. The quantitative estimate of drug-likeness (QED) is 0.529. The number of aromatic nitrogens is 3. The van der Waals surface area contributed by atoms with E-state index in [1.165, 1.54) is 36.7 Å². The van der Waals surface area contributed by atoms with Gasteiger partial charge in [-0.25, -0.2) is 0 Å². The minimum Gasteiger partial charge on any atom is -0.496 e. The molecule has 168 valence electrons. The average Bonchev–Trinajstić information content (AvgIpc) is 3.19. The number of anilines is 2. The molecule has 0 spiro atoms. The number of benzene rings is 2. The third kappa shape index (κ3) is 4.91. The normalized spacial score (nSPS) is 14.8. The van der Waals surface area contributed by atoms with E-state index in [1.54, 1.807) is 7.11 Å². The minimum atomic E-state index is -0.329. The molecular weight excluding hydrogens is 422 g/mol. The summed E-state index contributed by atoms with van der Waals surface area (Å²) in [5.41, 5.74) is 2.88. The first-order valence-corrected chi connectivity index (χ1v) is 11.8. The van der Waals surface area contributed by atoms with Gasteiger partial charge >= 0.3 is 0 Å². The second kappa shape index (κ2) is 10.1. The van der Waals surface area contributed by atoms with Crippen LogP contribution in [0.2, 0.25) is 0 Å². The molecule has 3 aromatic rings. The lowest BCUT2D eigenvalue weighted by Gasteiger charge is -2.28. The molecule has 32 heavy (non-hydrogen) atoms. The Labute approximate surface area is 193 Å². The summed E-state index contributed by atoms with van der Waals surface area (Å²) in [5.74, 6) is 1.37. The molecule has 0 bridgehead atoms. The number of methoxy groups -OCH3 is 1. The third-order valence-corrected chi connectivity index (χ3v) is 6.82. The number of hydrogen-bond donors (Lipinski definition) is 1. The third-order valence-electron chi connectivity index (χ3n) is 5.69. The van der Waals surface area contributed by atoms with Crippen molar-refractivity contribution in [3.63, 3.8) is 0 Å². The van der Waals surface area contributed by atoms with Gasteiger partial charge in [0.25, 0.3) is 0 Å². The monoisotopic (exact) mass is 451 g/mol. The van der Waals surface area contributed by atoms with Crippen molar-refractivity contribution in [3.05, 3.63) is 48.5 Å². The van der Waals surface area contributed by atoms with Crippen LogP contribution in [0.1, 0.15) is 26.2 Å². The summed E-state index contributed by atoms with van der Waals surface area (Å²) in [6.45, 7) is 4.08. The van der Waals surface area contributed by atoms with Gasteiger partial charge in [0.15, 0.2) is 11.0 Å². The number of amides is 1. The van der Waals surface area contributed by atoms with E-state index < -0.39 is 0 Å². The summed E-state index contributed by atoms with van der Waals surface area (Å²) in [5, 5.41) is 12.0. The van der Waals surface area contributed by atoms with Crippen LogP contribution in [0.5, 0.6) is 5.75 Å². The van der Waals surface area contributed by atoms with Crippen LogP contribution < -0.4 is 15.0 Å². The van der Waals surface area contributed by atoms with Crippen molar-refractivity contribution < 1.29 is 9.53 Å². The van der Waals surface area contributed by atoms with E-state index in [9.17, 15) is 4.79 Å². The fraction of sp³-hybridized carbons (Fsp3) is 0.375. The summed E-state index contributed by atoms with van der Waals surface area (Å²) in [6.07, 6.45) is 3.80. The van der Waals surface area contributed by atoms with Gasteiger partial charge in [-0.2, -0.15) is 0 Å². The molecule has 1 saturated heterocycles. The minimum absolute atomic E-state index is 0.0671. The lowest BCUT2D eigenvalue weighted by molar-refractivity contribution is -0.115. The summed E-state index contributed by atoms with van der Waals surface area (Å²) in [7, 11) is 3.53. The fourth-order valence-corrected chi connectivity index (χ4v) is 4.66. The van der Waals surface area contributed by atoms with E-state index in [1.807, 2.05) is 54.9 Å². The van der Waals surface area contributed by atoms with Crippen molar-refractivity contribution in [2.45, 2.75) is 36.6 Å². The van der Waals surface area contributed by atoms with Gasteiger partial charge in [-0.15, -0.1) is 10.2 Å². The Morgan fingerprint density at radius 3 is 2.50 bits per heavy atom. The molecule has 0 aliphatic carbocycles. The lowest BCUT2D eigenvalue weighted by atomic mass is 10.1. The van der Waals surface area contributed by atoms with Crippen LogP contribution in [-0.4, -0.2) is 46.1 Å². The maximum absolute atomic E-state index is 12.8. The topological polar surface area (TPSA) is 72.3 Å². The summed E-state index contributed by atoms with van der Waals surface area (Å²) < 4.78 is 7.33. The highest BCUT2D eigenvalue weighted by atomic mass is 32.2. The number of piperidine rings is 1. The molecule has 1 aliphatic heterocycles. The Bertz CT molecular complexity index is 1060. The van der Waals surface area contributed by atoms with Gasteiger partial charge < -0.3 is 19.5 Å². The molecular formula is C24H29N5O2S. The number of rotatable bonds is 7. The van der Waals surface area contributed by atoms with Gasteiger partial charge in [0.1, 0.15) is 5.75 Å². The molecule has 2 heterocycles. The Morgan fingerprint density at radius 2 is 1.78 bits per heavy atom. The van der Waals surface area contributed by atoms with Crippen LogP contribution in [0, 0.1) is 0 Å². The SMILES string of the molecule is COc1ccccc1-c1nnc(SC(C)C(=O)Nc2ccc(N3CCCCC3)cc2)n1C. The van der Waals surface area contributed by atoms with Gasteiger partial charge in [-0.05, 0) is 62.6 Å². The van der Waals surface area contributed by atoms with Crippen LogP contribution in [0.4, 0.5) is 11.4 Å². The molecule has 7 nitrogen and oxygen atoms in total. The maximum atomic E-state index is 12.8. The second-order valence-corrected chi connectivity index (χ2v) is 9.22. The van der Waals surface area contributed by atoms with Crippen molar-refractivity contribution in [2.75, 3.05) is 30.4 Å². The molecule has 1 unspecified atom stereocenters. The highest BCUT2D eigenvalue weighted by Gasteiger charge is 2.21. The Morgan fingerprint density at radius 1 is 1.06 bits per heavy atom. The molecule has 0 saturated carbocycles. The van der Waals surface area contributed by atoms with Gasteiger partial charge in [-0.3, -0.25) is 4.79 Å². The molecule has 1 atom stereocenters. The van der Waals surface area contributed by atoms with E-state index in [2.05, 4.69) is 32.5 Å². The van der Waals surface area contributed by atoms with E-state index in [0.717, 1.165) is 30.1 Å². The zero-order chi connectivity index (χ0) is 22.5. The smallest absolute Gasteiger partial charge is 0.237 e. The maximum Gasteiger partial charge on any atom is 0.237 e. The predicted molar refractivity (Wildman–Crippen MR) is 129 cm³/mol. The van der Waals surface area contributed by atoms with Gasteiger partial charge in [-0.1, -0.05) is 23.9 Å². The molecule has 2 aromatic carbocycles. The Balaban J connectivity index is 1.39. The molecule has 8 heteroatoms. The first-order chi connectivity index (χ1) is 15.6. The van der Waals surface area contributed by atoms with Gasteiger partial charge in [0, 0.05) is 31.5 Å². The van der Waals surface area contributed by atoms with Crippen LogP contribution in [0.3, 0.4) is 0 Å². The van der Waals surface area contributed by atoms with E-state index in [0.29, 0.717) is 11.0 Å².